The van der Waals surface area contributed by atoms with Crippen molar-refractivity contribution in [2.24, 2.45) is 5.73 Å². The van der Waals surface area contributed by atoms with Crippen molar-refractivity contribution in [3.63, 3.8) is 0 Å². The summed E-state index contributed by atoms with van der Waals surface area (Å²) in [4.78, 5) is 4.22. The van der Waals surface area contributed by atoms with E-state index in [2.05, 4.69) is 17.0 Å². The summed E-state index contributed by atoms with van der Waals surface area (Å²) in [5.74, 6) is 2.15. The molecule has 0 amide bonds. The zero-order chi connectivity index (χ0) is 15.2. The fourth-order valence-electron chi connectivity index (χ4n) is 2.03. The Hall–Kier alpha value is -2.08. The Kier molecular flexibility index (Phi) is 5.16. The van der Waals surface area contributed by atoms with Crippen LogP contribution in [0.4, 0.5) is 0 Å². The largest absolute Gasteiger partial charge is 0.493 e. The average molecular weight is 290 g/mol. The number of methoxy groups -OCH3 is 1. The minimum absolute atomic E-state index is 0.0411. The first-order valence-electron chi connectivity index (χ1n) is 7.08. The van der Waals surface area contributed by atoms with Crippen LogP contribution in [0.2, 0.25) is 0 Å². The lowest BCUT2D eigenvalue weighted by atomic mass is 10.1. The van der Waals surface area contributed by atoms with E-state index in [1.54, 1.807) is 13.4 Å². The molecule has 21 heavy (non-hydrogen) atoms. The zero-order valence-electron chi connectivity index (χ0n) is 12.7. The zero-order valence-corrected chi connectivity index (χ0v) is 12.7. The van der Waals surface area contributed by atoms with E-state index in [0.29, 0.717) is 18.1 Å². The van der Waals surface area contributed by atoms with Gasteiger partial charge in [0.1, 0.15) is 12.9 Å². The van der Waals surface area contributed by atoms with Crippen molar-refractivity contribution in [3.8, 4) is 11.5 Å². The number of benzene rings is 1. The van der Waals surface area contributed by atoms with Gasteiger partial charge in [0.25, 0.3) is 0 Å². The van der Waals surface area contributed by atoms with Crippen molar-refractivity contribution >= 4 is 0 Å². The fourth-order valence-corrected chi connectivity index (χ4v) is 2.03. The smallest absolute Gasteiger partial charge is 0.164 e. The second kappa shape index (κ2) is 7.08. The Morgan fingerprint density at radius 2 is 2.14 bits per heavy atom. The van der Waals surface area contributed by atoms with Gasteiger partial charge < -0.3 is 15.2 Å². The Labute approximate surface area is 124 Å². The number of nitrogens with two attached hydrogens (primary N) is 1. The molecule has 1 aromatic heterocycles. The summed E-state index contributed by atoms with van der Waals surface area (Å²) in [6.07, 6.45) is 2.55. The van der Waals surface area contributed by atoms with Crippen LogP contribution >= 0.6 is 0 Å². The fraction of sp³-hybridized carbons (Fsp3) is 0.467. The first-order valence-corrected chi connectivity index (χ1v) is 7.08. The predicted octanol–water partition coefficient (Wildman–Crippen LogP) is 2.30. The highest BCUT2D eigenvalue weighted by Gasteiger charge is 2.10. The minimum atomic E-state index is -0.0411. The molecule has 0 saturated carbocycles. The molecule has 114 valence electrons. The second-order valence-corrected chi connectivity index (χ2v) is 4.89. The standard InChI is InChI=1S/C15H22N4O2/c1-4-7-19-15(17-10-18-19)9-21-13-6-5-12(11(2)16)8-14(13)20-3/h5-6,8,10-11H,4,7,9,16H2,1-3H3/t11-/m0/s1. The van der Waals surface area contributed by atoms with Gasteiger partial charge in [0, 0.05) is 12.6 Å². The molecule has 0 aliphatic rings. The van der Waals surface area contributed by atoms with Crippen LogP contribution in [0.5, 0.6) is 11.5 Å². The highest BCUT2D eigenvalue weighted by molar-refractivity contribution is 5.43. The molecule has 6 heteroatoms. The molecule has 0 bridgehead atoms. The molecule has 2 N–H and O–H groups in total. The van der Waals surface area contributed by atoms with Gasteiger partial charge in [0.05, 0.1) is 7.11 Å². The summed E-state index contributed by atoms with van der Waals surface area (Å²) < 4.78 is 13.0. The molecule has 1 aromatic carbocycles. The van der Waals surface area contributed by atoms with Gasteiger partial charge >= 0.3 is 0 Å². The molecule has 0 aliphatic carbocycles. The number of hydrogen-bond donors (Lipinski definition) is 1. The molecule has 6 nitrogen and oxygen atoms in total. The van der Waals surface area contributed by atoms with E-state index in [4.69, 9.17) is 15.2 Å². The maximum Gasteiger partial charge on any atom is 0.164 e. The van der Waals surface area contributed by atoms with Crippen LogP contribution in [0.15, 0.2) is 24.5 Å². The van der Waals surface area contributed by atoms with Gasteiger partial charge in [-0.3, -0.25) is 0 Å². The Bertz CT molecular complexity index is 581. The van der Waals surface area contributed by atoms with Gasteiger partial charge in [-0.05, 0) is 31.0 Å². The topological polar surface area (TPSA) is 75.2 Å². The van der Waals surface area contributed by atoms with E-state index in [1.165, 1.54) is 0 Å². The SMILES string of the molecule is CCCn1ncnc1COc1ccc([C@H](C)N)cc1OC. The van der Waals surface area contributed by atoms with Crippen molar-refractivity contribution in [1.29, 1.82) is 0 Å². The molecule has 0 spiro atoms. The first kappa shape index (κ1) is 15.3. The molecular weight excluding hydrogens is 268 g/mol. The molecule has 0 unspecified atom stereocenters. The third-order valence-corrected chi connectivity index (χ3v) is 3.20. The minimum Gasteiger partial charge on any atom is -0.493 e. The second-order valence-electron chi connectivity index (χ2n) is 4.89. The molecule has 1 atom stereocenters. The number of hydrogen-bond acceptors (Lipinski definition) is 5. The van der Waals surface area contributed by atoms with E-state index < -0.39 is 0 Å². The van der Waals surface area contributed by atoms with Crippen molar-refractivity contribution < 1.29 is 9.47 Å². The van der Waals surface area contributed by atoms with E-state index in [-0.39, 0.29) is 6.04 Å². The predicted molar refractivity (Wildman–Crippen MR) is 80.2 cm³/mol. The van der Waals surface area contributed by atoms with E-state index in [9.17, 15) is 0 Å². The van der Waals surface area contributed by atoms with Crippen molar-refractivity contribution in [2.75, 3.05) is 7.11 Å². The molecule has 1 heterocycles. The summed E-state index contributed by atoms with van der Waals surface area (Å²) in [5.41, 5.74) is 6.88. The highest BCUT2D eigenvalue weighted by atomic mass is 16.5. The third-order valence-electron chi connectivity index (χ3n) is 3.20. The Morgan fingerprint density at radius 1 is 1.33 bits per heavy atom. The highest BCUT2D eigenvalue weighted by Crippen LogP contribution is 2.30. The molecule has 0 radical (unpaired) electrons. The van der Waals surface area contributed by atoms with Crippen LogP contribution in [-0.4, -0.2) is 21.9 Å². The molecule has 2 rings (SSSR count). The van der Waals surface area contributed by atoms with Crippen molar-refractivity contribution in [2.45, 2.75) is 39.5 Å². The average Bonchev–Trinajstić information content (AvgIpc) is 2.92. The van der Waals surface area contributed by atoms with Crippen LogP contribution in [0.3, 0.4) is 0 Å². The lowest BCUT2D eigenvalue weighted by Crippen LogP contribution is -2.09. The quantitative estimate of drug-likeness (QED) is 0.846. The van der Waals surface area contributed by atoms with Gasteiger partial charge in [-0.1, -0.05) is 13.0 Å². The van der Waals surface area contributed by atoms with Gasteiger partial charge in [0.2, 0.25) is 0 Å². The summed E-state index contributed by atoms with van der Waals surface area (Å²) in [6.45, 7) is 5.22. The van der Waals surface area contributed by atoms with Gasteiger partial charge in [-0.2, -0.15) is 5.10 Å². The third kappa shape index (κ3) is 3.72. The van der Waals surface area contributed by atoms with E-state index in [1.807, 2.05) is 29.8 Å². The van der Waals surface area contributed by atoms with Gasteiger partial charge in [-0.25, -0.2) is 9.67 Å². The maximum absolute atomic E-state index is 5.87. The molecule has 2 aromatic rings. The number of ether oxygens (including phenoxy) is 2. The van der Waals surface area contributed by atoms with Gasteiger partial charge in [-0.15, -0.1) is 0 Å². The number of rotatable bonds is 7. The monoisotopic (exact) mass is 290 g/mol. The summed E-state index contributed by atoms with van der Waals surface area (Å²) in [5, 5.41) is 4.18. The molecular formula is C15H22N4O2. The number of nitrogens with zero attached hydrogens (tertiary/aromatic N) is 3. The molecule has 0 saturated heterocycles. The van der Waals surface area contributed by atoms with E-state index in [0.717, 1.165) is 24.4 Å². The number of aromatic nitrogens is 3. The van der Waals surface area contributed by atoms with Crippen LogP contribution in [0.25, 0.3) is 0 Å². The Balaban J connectivity index is 2.10. The summed E-state index contributed by atoms with van der Waals surface area (Å²) >= 11 is 0. The summed E-state index contributed by atoms with van der Waals surface area (Å²) in [6, 6.07) is 5.68. The van der Waals surface area contributed by atoms with Gasteiger partial charge in [0.15, 0.2) is 17.3 Å². The van der Waals surface area contributed by atoms with Crippen LogP contribution in [-0.2, 0) is 13.2 Å². The van der Waals surface area contributed by atoms with Crippen LogP contribution < -0.4 is 15.2 Å². The lowest BCUT2D eigenvalue weighted by Gasteiger charge is -2.13. The van der Waals surface area contributed by atoms with Crippen LogP contribution in [0.1, 0.15) is 37.7 Å². The van der Waals surface area contributed by atoms with Crippen LogP contribution in [0, 0.1) is 0 Å². The first-order chi connectivity index (χ1) is 10.2. The van der Waals surface area contributed by atoms with Crippen molar-refractivity contribution in [3.05, 3.63) is 35.9 Å². The molecule has 0 aliphatic heterocycles. The summed E-state index contributed by atoms with van der Waals surface area (Å²) in [7, 11) is 1.62. The van der Waals surface area contributed by atoms with E-state index >= 15 is 0 Å². The molecule has 0 fully saturated rings. The lowest BCUT2D eigenvalue weighted by molar-refractivity contribution is 0.268. The van der Waals surface area contributed by atoms with Crippen molar-refractivity contribution in [1.82, 2.24) is 14.8 Å². The number of aryl methyl sites for hydroxylation is 1. The Morgan fingerprint density at radius 3 is 2.81 bits per heavy atom. The maximum atomic E-state index is 5.87. The normalized spacial score (nSPS) is 12.2.